The predicted molar refractivity (Wildman–Crippen MR) is 197 cm³/mol. The summed E-state index contributed by atoms with van der Waals surface area (Å²) in [5, 5.41) is 5.02. The van der Waals surface area contributed by atoms with Crippen LogP contribution in [0, 0.1) is 23.6 Å². The van der Waals surface area contributed by atoms with E-state index in [1.807, 2.05) is 52.0 Å². The molecule has 0 spiro atoms. The van der Waals surface area contributed by atoms with Crippen molar-refractivity contribution < 1.29 is 23.0 Å². The monoisotopic (exact) mass is 771 g/mol. The fraction of sp³-hybridized carbons (Fsp3) is 0.600. The number of ether oxygens (including phenoxy) is 1. The lowest BCUT2D eigenvalue weighted by Gasteiger charge is -2.33. The summed E-state index contributed by atoms with van der Waals surface area (Å²) in [4.78, 5) is 17.6. The molecule has 2 saturated heterocycles. The van der Waals surface area contributed by atoms with E-state index in [9.17, 15) is 0 Å². The van der Waals surface area contributed by atoms with E-state index in [1.165, 1.54) is 17.8 Å². The first-order valence-corrected chi connectivity index (χ1v) is 19.9. The molecule has 14 heteroatoms. The number of hydrogen-bond acceptors (Lipinski definition) is 11. The molecule has 1 aliphatic carbocycles. The van der Waals surface area contributed by atoms with E-state index < -0.39 is 18.3 Å². The van der Waals surface area contributed by atoms with Gasteiger partial charge in [0.05, 0.1) is 11.2 Å². The smallest absolute Gasteiger partial charge is 0.467 e. The van der Waals surface area contributed by atoms with Crippen LogP contribution in [0.25, 0.3) is 10.3 Å². The number of thioether (sulfide) groups is 1. The molecule has 0 N–H and O–H groups in total. The number of piperidine rings is 1. The van der Waals surface area contributed by atoms with Gasteiger partial charge in [0, 0.05) is 29.7 Å². The van der Waals surface area contributed by atoms with Gasteiger partial charge in [0.15, 0.2) is 5.82 Å². The molecule has 0 radical (unpaired) electrons. The molecule has 7 rings (SSSR count). The number of aromatic nitrogens is 4. The Morgan fingerprint density at radius 1 is 1.06 bits per heavy atom. The summed E-state index contributed by atoms with van der Waals surface area (Å²) >= 11 is 6.51. The van der Waals surface area contributed by atoms with Crippen LogP contribution in [0.15, 0.2) is 44.4 Å². The minimum Gasteiger partial charge on any atom is -0.467 e. The maximum Gasteiger partial charge on any atom is 0.494 e. The fourth-order valence-electron chi connectivity index (χ4n) is 6.61. The van der Waals surface area contributed by atoms with E-state index in [1.54, 1.807) is 17.8 Å². The number of hydrogen-bond donors (Lipinski definition) is 0. The molecule has 3 aliphatic rings. The molecule has 2 aliphatic heterocycles. The van der Waals surface area contributed by atoms with Crippen molar-refractivity contribution in [2.24, 2.45) is 17.8 Å². The van der Waals surface area contributed by atoms with E-state index in [0.717, 1.165) is 70.8 Å². The van der Waals surface area contributed by atoms with Gasteiger partial charge in [0.25, 0.3) is 5.19 Å². The third-order valence-electron chi connectivity index (χ3n) is 10.8. The average molecular weight is 773 g/mol. The van der Waals surface area contributed by atoms with Gasteiger partial charge in [-0.15, -0.1) is 11.8 Å². The van der Waals surface area contributed by atoms with E-state index in [0.29, 0.717) is 33.9 Å². The van der Waals surface area contributed by atoms with Crippen molar-refractivity contribution >= 4 is 68.0 Å². The van der Waals surface area contributed by atoms with Crippen LogP contribution in [-0.4, -0.2) is 63.4 Å². The van der Waals surface area contributed by atoms with Crippen LogP contribution in [0.1, 0.15) is 85.4 Å². The second kappa shape index (κ2) is 14.0. The first kappa shape index (κ1) is 35.2. The molecule has 0 amide bonds. The van der Waals surface area contributed by atoms with Gasteiger partial charge in [-0.2, -0.15) is 4.98 Å². The van der Waals surface area contributed by atoms with E-state index >= 15 is 4.39 Å². The highest BCUT2D eigenvalue weighted by Crippen LogP contribution is 2.46. The molecule has 4 unspecified atom stereocenters. The van der Waals surface area contributed by atoms with Gasteiger partial charge in [-0.1, -0.05) is 29.5 Å². The molecule has 4 aromatic rings. The predicted octanol–water partition coefficient (Wildman–Crippen LogP) is 8.27. The highest BCUT2D eigenvalue weighted by molar-refractivity contribution is 9.10. The molecule has 0 bridgehead atoms. The minimum atomic E-state index is -0.553. The SMILES string of the molecule is CC(CCC1CC1CSc1ccc(B2OC(C)(C)C(C)(C)O2)cc1F)c1noc(N2CCC(C(C)Oc3nc4ccc(Br)nc4s3)CC2)n1. The van der Waals surface area contributed by atoms with Crippen LogP contribution in [0.3, 0.4) is 0 Å². The van der Waals surface area contributed by atoms with Crippen LogP contribution < -0.4 is 15.1 Å². The Morgan fingerprint density at radius 2 is 1.82 bits per heavy atom. The van der Waals surface area contributed by atoms with Crippen molar-refractivity contribution in [3.63, 3.8) is 0 Å². The largest absolute Gasteiger partial charge is 0.494 e. The lowest BCUT2D eigenvalue weighted by Crippen LogP contribution is -2.41. The number of rotatable bonds is 12. The van der Waals surface area contributed by atoms with Crippen LogP contribution in [0.5, 0.6) is 5.19 Å². The van der Waals surface area contributed by atoms with Crippen LogP contribution in [0.2, 0.25) is 0 Å². The van der Waals surface area contributed by atoms with Gasteiger partial charge < -0.3 is 23.5 Å². The molecule has 49 heavy (non-hydrogen) atoms. The highest BCUT2D eigenvalue weighted by atomic mass is 79.9. The third kappa shape index (κ3) is 7.83. The quantitative estimate of drug-likeness (QED) is 0.0796. The molecule has 262 valence electrons. The molecule has 3 aromatic heterocycles. The fourth-order valence-corrected chi connectivity index (χ4v) is 9.07. The van der Waals surface area contributed by atoms with Gasteiger partial charge in [0.2, 0.25) is 0 Å². The Kier molecular flexibility index (Phi) is 10.1. The molecule has 1 aromatic carbocycles. The summed E-state index contributed by atoms with van der Waals surface area (Å²) in [6.07, 6.45) is 5.34. The number of benzene rings is 1. The van der Waals surface area contributed by atoms with Gasteiger partial charge in [-0.25, -0.2) is 14.4 Å². The van der Waals surface area contributed by atoms with Crippen molar-refractivity contribution in [2.75, 3.05) is 23.7 Å². The second-order valence-electron chi connectivity index (χ2n) is 14.8. The van der Waals surface area contributed by atoms with Crippen molar-refractivity contribution in [3.05, 3.63) is 46.6 Å². The van der Waals surface area contributed by atoms with Crippen molar-refractivity contribution in [3.8, 4) is 5.19 Å². The van der Waals surface area contributed by atoms with E-state index in [-0.39, 0.29) is 17.8 Å². The zero-order valence-electron chi connectivity index (χ0n) is 28.9. The van der Waals surface area contributed by atoms with Crippen LogP contribution in [-0.2, 0) is 9.31 Å². The molecule has 4 atom stereocenters. The van der Waals surface area contributed by atoms with E-state index in [2.05, 4.69) is 49.8 Å². The zero-order chi connectivity index (χ0) is 34.5. The molecular formula is C35H44BBrFN5O4S2. The van der Waals surface area contributed by atoms with E-state index in [4.69, 9.17) is 23.6 Å². The topological polar surface area (TPSA) is 95.6 Å². The standard InChI is InChI=1S/C35H44BBrFN5O4S2/c1-20(7-8-23-17-24(23)19-48-28-11-9-25(18-26(28)38)36-46-34(3,4)35(5,6)47-36)30-41-32(45-42-30)43-15-13-22(14-16-43)21(2)44-33-39-27-10-12-29(37)40-31(27)49-33/h9-12,18,20-24H,7-8,13-17,19H2,1-6H3. The third-order valence-corrected chi connectivity index (χ3v) is 13.3. The summed E-state index contributed by atoms with van der Waals surface area (Å²) in [7, 11) is -0.553. The van der Waals surface area contributed by atoms with Crippen LogP contribution >= 0.6 is 39.0 Å². The first-order valence-electron chi connectivity index (χ1n) is 17.3. The molecule has 5 heterocycles. The Morgan fingerprint density at radius 3 is 2.55 bits per heavy atom. The number of anilines is 1. The summed E-state index contributed by atoms with van der Waals surface area (Å²) in [5.74, 6) is 3.42. The Balaban J connectivity index is 0.823. The molecule has 9 nitrogen and oxygen atoms in total. The first-order chi connectivity index (χ1) is 23.3. The Labute approximate surface area is 304 Å². The second-order valence-corrected chi connectivity index (χ2v) is 17.7. The summed E-state index contributed by atoms with van der Waals surface area (Å²) in [6, 6.07) is 9.83. The average Bonchev–Trinajstić information content (AvgIpc) is 3.33. The number of fused-ring (bicyclic) bond motifs is 1. The normalized spacial score (nSPS) is 23.3. The van der Waals surface area contributed by atoms with Crippen LogP contribution in [0.4, 0.5) is 10.4 Å². The number of pyridine rings is 1. The van der Waals surface area contributed by atoms with Crippen molar-refractivity contribution in [2.45, 2.75) is 102 Å². The number of thiazole rings is 1. The summed E-state index contributed by atoms with van der Waals surface area (Å²) in [5.41, 5.74) is 0.683. The van der Waals surface area contributed by atoms with Gasteiger partial charge >= 0.3 is 13.1 Å². The Hall–Kier alpha value is -2.26. The lowest BCUT2D eigenvalue weighted by molar-refractivity contribution is 0.00578. The Bertz CT molecular complexity index is 1770. The minimum absolute atomic E-state index is 0.0566. The maximum absolute atomic E-state index is 15.0. The van der Waals surface area contributed by atoms with Gasteiger partial charge in [0.1, 0.15) is 26.9 Å². The zero-order valence-corrected chi connectivity index (χ0v) is 32.2. The lowest BCUT2D eigenvalue weighted by atomic mass is 9.79. The van der Waals surface area contributed by atoms with Crippen molar-refractivity contribution in [1.82, 2.24) is 20.1 Å². The molecule has 1 saturated carbocycles. The highest BCUT2D eigenvalue weighted by Gasteiger charge is 2.51. The molecule has 3 fully saturated rings. The van der Waals surface area contributed by atoms with Crippen molar-refractivity contribution in [1.29, 1.82) is 0 Å². The molecular weight excluding hydrogens is 728 g/mol. The number of halogens is 2. The van der Waals surface area contributed by atoms with Gasteiger partial charge in [-0.05, 0) is 130 Å². The number of nitrogens with zero attached hydrogens (tertiary/aromatic N) is 5. The van der Waals surface area contributed by atoms with Gasteiger partial charge in [-0.3, -0.25) is 0 Å². The maximum atomic E-state index is 15.0. The summed E-state index contributed by atoms with van der Waals surface area (Å²) < 4.78 is 40.0. The summed E-state index contributed by atoms with van der Waals surface area (Å²) in [6.45, 7) is 14.0.